The monoisotopic (exact) mass is 262 g/mol. The zero-order valence-electron chi connectivity index (χ0n) is 9.40. The van der Waals surface area contributed by atoms with E-state index in [1.807, 2.05) is 14.0 Å². The summed E-state index contributed by atoms with van der Waals surface area (Å²) >= 11 is 5.97. The van der Waals surface area contributed by atoms with E-state index in [4.69, 9.17) is 11.6 Å². The molecule has 90 valence electrons. The maximum atomic E-state index is 5.97. The molecule has 1 aromatic heterocycles. The second-order valence-corrected chi connectivity index (χ2v) is 4.26. The molecule has 0 saturated carbocycles. The highest BCUT2D eigenvalue weighted by Crippen LogP contribution is 2.17. The maximum Gasteiger partial charge on any atom is 0.226 e. The third-order valence-electron chi connectivity index (χ3n) is 2.79. The Morgan fingerprint density at radius 3 is 2.88 bits per heavy atom. The van der Waals surface area contributed by atoms with E-state index in [0.717, 1.165) is 25.1 Å². The van der Waals surface area contributed by atoms with E-state index < -0.39 is 0 Å². The number of nitrogens with one attached hydrogen (secondary N) is 1. The van der Waals surface area contributed by atoms with Crippen LogP contribution in [0.1, 0.15) is 12.0 Å². The zero-order chi connectivity index (χ0) is 10.8. The van der Waals surface area contributed by atoms with Crippen molar-refractivity contribution in [1.29, 1.82) is 0 Å². The molecule has 1 aliphatic heterocycles. The summed E-state index contributed by atoms with van der Waals surface area (Å²) in [7, 11) is 2.01. The summed E-state index contributed by atoms with van der Waals surface area (Å²) < 4.78 is 0. The summed E-state index contributed by atoms with van der Waals surface area (Å²) in [5, 5.41) is 3.86. The first-order chi connectivity index (χ1) is 7.18. The number of aromatic nitrogens is 2. The molecule has 0 radical (unpaired) electrons. The first kappa shape index (κ1) is 13.5. The Morgan fingerprint density at radius 1 is 1.56 bits per heavy atom. The van der Waals surface area contributed by atoms with Crippen LogP contribution < -0.4 is 10.2 Å². The average Bonchev–Trinajstić information content (AvgIpc) is 2.74. The highest BCUT2D eigenvalue weighted by atomic mass is 35.5. The minimum Gasteiger partial charge on any atom is -0.340 e. The minimum absolute atomic E-state index is 0. The van der Waals surface area contributed by atoms with Crippen LogP contribution in [0.2, 0.25) is 5.15 Å². The summed E-state index contributed by atoms with van der Waals surface area (Å²) in [5.74, 6) is 0.708. The van der Waals surface area contributed by atoms with Crippen LogP contribution >= 0.6 is 24.0 Å². The molecule has 1 atom stereocenters. The molecule has 1 aliphatic rings. The van der Waals surface area contributed by atoms with Crippen LogP contribution in [0.15, 0.2) is 6.20 Å². The van der Waals surface area contributed by atoms with Gasteiger partial charge in [0.05, 0.1) is 0 Å². The van der Waals surface area contributed by atoms with Gasteiger partial charge in [0.25, 0.3) is 0 Å². The number of likely N-dealkylation sites (N-methyl/N-ethyl adjacent to an activating group) is 1. The lowest BCUT2D eigenvalue weighted by molar-refractivity contribution is 0.668. The van der Waals surface area contributed by atoms with Crippen LogP contribution in [0.25, 0.3) is 0 Å². The number of hydrogen-bond donors (Lipinski definition) is 1. The second kappa shape index (κ2) is 5.66. The van der Waals surface area contributed by atoms with Crippen molar-refractivity contribution in [3.05, 3.63) is 16.9 Å². The number of rotatable bonds is 2. The van der Waals surface area contributed by atoms with Crippen LogP contribution in [0.5, 0.6) is 0 Å². The van der Waals surface area contributed by atoms with Gasteiger partial charge in [-0.15, -0.1) is 12.4 Å². The summed E-state index contributed by atoms with van der Waals surface area (Å²) in [4.78, 5) is 10.6. The predicted octanol–water partition coefficient (Wildman–Crippen LogP) is 1.66. The van der Waals surface area contributed by atoms with Crippen molar-refractivity contribution in [2.75, 3.05) is 25.0 Å². The van der Waals surface area contributed by atoms with E-state index in [2.05, 4.69) is 20.2 Å². The second-order valence-electron chi connectivity index (χ2n) is 3.90. The van der Waals surface area contributed by atoms with Gasteiger partial charge in [-0.1, -0.05) is 11.6 Å². The van der Waals surface area contributed by atoms with Crippen molar-refractivity contribution in [2.24, 2.45) is 0 Å². The summed E-state index contributed by atoms with van der Waals surface area (Å²) in [5.41, 5.74) is 0.915. The molecular weight excluding hydrogens is 247 g/mol. The molecule has 0 spiro atoms. The molecule has 2 heterocycles. The molecule has 1 fully saturated rings. The smallest absolute Gasteiger partial charge is 0.226 e. The third-order valence-corrected chi connectivity index (χ3v) is 3.18. The van der Waals surface area contributed by atoms with Gasteiger partial charge in [-0.05, 0) is 19.9 Å². The molecule has 1 unspecified atom stereocenters. The van der Waals surface area contributed by atoms with Crippen molar-refractivity contribution < 1.29 is 0 Å². The Morgan fingerprint density at radius 2 is 2.31 bits per heavy atom. The Labute approximate surface area is 107 Å². The highest BCUT2D eigenvalue weighted by molar-refractivity contribution is 6.30. The number of halogens is 2. The number of aryl methyl sites for hydroxylation is 1. The molecule has 0 aromatic carbocycles. The molecule has 4 nitrogen and oxygen atoms in total. The van der Waals surface area contributed by atoms with Gasteiger partial charge in [0.15, 0.2) is 0 Å². The topological polar surface area (TPSA) is 41.1 Å². The molecule has 0 aliphatic carbocycles. The van der Waals surface area contributed by atoms with Crippen molar-refractivity contribution in [1.82, 2.24) is 15.3 Å². The van der Waals surface area contributed by atoms with Gasteiger partial charge in [0, 0.05) is 31.4 Å². The van der Waals surface area contributed by atoms with E-state index in [1.165, 1.54) is 0 Å². The van der Waals surface area contributed by atoms with E-state index in [-0.39, 0.29) is 12.4 Å². The van der Waals surface area contributed by atoms with Gasteiger partial charge >= 0.3 is 0 Å². The Hall–Kier alpha value is -0.580. The van der Waals surface area contributed by atoms with Gasteiger partial charge in [0.1, 0.15) is 5.15 Å². The van der Waals surface area contributed by atoms with Crippen LogP contribution in [0.3, 0.4) is 0 Å². The highest BCUT2D eigenvalue weighted by Gasteiger charge is 2.21. The largest absolute Gasteiger partial charge is 0.340 e. The van der Waals surface area contributed by atoms with E-state index >= 15 is 0 Å². The summed E-state index contributed by atoms with van der Waals surface area (Å²) in [6, 6.07) is 0.476. The molecule has 1 N–H and O–H groups in total. The van der Waals surface area contributed by atoms with E-state index in [0.29, 0.717) is 17.1 Å². The molecule has 6 heteroatoms. The number of anilines is 1. The lowest BCUT2D eigenvalue weighted by Crippen LogP contribution is -2.34. The maximum absolute atomic E-state index is 5.97. The molecule has 0 amide bonds. The summed E-state index contributed by atoms with van der Waals surface area (Å²) in [6.07, 6.45) is 2.90. The average molecular weight is 263 g/mol. The van der Waals surface area contributed by atoms with Gasteiger partial charge in [-0.2, -0.15) is 0 Å². The molecule has 2 rings (SSSR count). The van der Waals surface area contributed by atoms with Crippen molar-refractivity contribution in [3.8, 4) is 0 Å². The molecule has 16 heavy (non-hydrogen) atoms. The fourth-order valence-electron chi connectivity index (χ4n) is 1.72. The van der Waals surface area contributed by atoms with Crippen LogP contribution in [0, 0.1) is 6.92 Å². The fraction of sp³-hybridized carbons (Fsp3) is 0.600. The standard InChI is InChI=1S/C10H15ClN4.ClH/c1-7-5-13-10(14-9(7)11)15(2)8-3-4-12-6-8;/h5,8,12H,3-4,6H2,1-2H3;1H. The minimum atomic E-state index is 0. The Balaban J connectivity index is 0.00000128. The lowest BCUT2D eigenvalue weighted by Gasteiger charge is -2.23. The van der Waals surface area contributed by atoms with E-state index in [9.17, 15) is 0 Å². The Kier molecular flexibility index (Phi) is 4.77. The first-order valence-electron chi connectivity index (χ1n) is 5.11. The van der Waals surface area contributed by atoms with Crippen LogP contribution in [-0.4, -0.2) is 36.1 Å². The summed E-state index contributed by atoms with van der Waals surface area (Å²) in [6.45, 7) is 3.96. The van der Waals surface area contributed by atoms with Gasteiger partial charge in [-0.25, -0.2) is 9.97 Å². The predicted molar refractivity (Wildman–Crippen MR) is 68.7 cm³/mol. The van der Waals surface area contributed by atoms with Crippen LogP contribution in [0.4, 0.5) is 5.95 Å². The molecular formula is C10H16Cl2N4. The van der Waals surface area contributed by atoms with E-state index in [1.54, 1.807) is 6.20 Å². The van der Waals surface area contributed by atoms with Gasteiger partial charge < -0.3 is 10.2 Å². The Bertz CT molecular complexity index is 353. The van der Waals surface area contributed by atoms with Gasteiger partial charge in [-0.3, -0.25) is 0 Å². The van der Waals surface area contributed by atoms with Crippen LogP contribution in [-0.2, 0) is 0 Å². The molecule has 1 aromatic rings. The van der Waals surface area contributed by atoms with Gasteiger partial charge in [0.2, 0.25) is 5.95 Å². The normalized spacial score (nSPS) is 19.3. The molecule has 0 bridgehead atoms. The third kappa shape index (κ3) is 2.75. The first-order valence-corrected chi connectivity index (χ1v) is 5.49. The quantitative estimate of drug-likeness (QED) is 0.824. The fourth-order valence-corrected chi connectivity index (χ4v) is 1.84. The number of hydrogen-bond acceptors (Lipinski definition) is 4. The zero-order valence-corrected chi connectivity index (χ0v) is 11.0. The lowest BCUT2D eigenvalue weighted by atomic mass is 10.2. The number of nitrogens with zero attached hydrogens (tertiary/aromatic N) is 3. The SMILES string of the molecule is Cc1cnc(N(C)C2CCNC2)nc1Cl.Cl. The van der Waals surface area contributed by atoms with Crippen molar-refractivity contribution in [2.45, 2.75) is 19.4 Å². The van der Waals surface area contributed by atoms with Crippen molar-refractivity contribution in [3.63, 3.8) is 0 Å². The molecule has 1 saturated heterocycles. The van der Waals surface area contributed by atoms with Crippen molar-refractivity contribution >= 4 is 30.0 Å².